The highest BCUT2D eigenvalue weighted by Crippen LogP contribution is 2.26. The molecule has 3 heterocycles. The van der Waals surface area contributed by atoms with Crippen molar-refractivity contribution >= 4 is 11.8 Å². The van der Waals surface area contributed by atoms with E-state index in [9.17, 15) is 9.59 Å². The minimum absolute atomic E-state index is 0.182. The molecular formula is C17H25N5O3. The van der Waals surface area contributed by atoms with E-state index in [0.717, 1.165) is 31.8 Å². The van der Waals surface area contributed by atoms with E-state index in [2.05, 4.69) is 14.9 Å². The summed E-state index contributed by atoms with van der Waals surface area (Å²) in [5.74, 6) is 0.630. The molecule has 1 aromatic rings. The first kappa shape index (κ1) is 17.8. The second-order valence-corrected chi connectivity index (χ2v) is 6.64. The fourth-order valence-corrected chi connectivity index (χ4v) is 3.36. The van der Waals surface area contributed by atoms with Crippen LogP contribution in [0.2, 0.25) is 0 Å². The smallest absolute Gasteiger partial charge is 0.252 e. The highest BCUT2D eigenvalue weighted by molar-refractivity contribution is 5.93. The van der Waals surface area contributed by atoms with E-state index in [4.69, 9.17) is 10.5 Å². The normalized spacial score (nSPS) is 19.8. The van der Waals surface area contributed by atoms with Gasteiger partial charge in [0.1, 0.15) is 5.82 Å². The van der Waals surface area contributed by atoms with Crippen molar-refractivity contribution in [1.29, 1.82) is 0 Å². The van der Waals surface area contributed by atoms with Crippen LogP contribution in [-0.2, 0) is 9.53 Å². The fraction of sp³-hybridized carbons (Fsp3) is 0.647. The maximum Gasteiger partial charge on any atom is 0.252 e. The van der Waals surface area contributed by atoms with Crippen molar-refractivity contribution in [2.45, 2.75) is 25.7 Å². The van der Waals surface area contributed by atoms with Crippen molar-refractivity contribution in [3.8, 4) is 0 Å². The predicted molar refractivity (Wildman–Crippen MR) is 91.1 cm³/mol. The lowest BCUT2D eigenvalue weighted by Gasteiger charge is -2.34. The van der Waals surface area contributed by atoms with E-state index in [1.807, 2.05) is 4.90 Å². The van der Waals surface area contributed by atoms with Gasteiger partial charge in [-0.15, -0.1) is 0 Å². The second-order valence-electron chi connectivity index (χ2n) is 6.64. The molecule has 0 atom stereocenters. The monoisotopic (exact) mass is 347 g/mol. The van der Waals surface area contributed by atoms with Gasteiger partial charge in [0.25, 0.3) is 5.91 Å². The van der Waals surface area contributed by atoms with Gasteiger partial charge in [-0.3, -0.25) is 14.5 Å². The zero-order valence-electron chi connectivity index (χ0n) is 14.6. The summed E-state index contributed by atoms with van der Waals surface area (Å²) in [4.78, 5) is 36.5. The number of piperidine rings is 1. The Labute approximate surface area is 147 Å². The highest BCUT2D eigenvalue weighted by atomic mass is 16.5. The number of aryl methyl sites for hydroxylation is 1. The largest absolute Gasteiger partial charge is 0.379 e. The molecule has 25 heavy (non-hydrogen) atoms. The number of hydrogen-bond donors (Lipinski definition) is 1. The zero-order chi connectivity index (χ0) is 17.8. The van der Waals surface area contributed by atoms with Gasteiger partial charge >= 0.3 is 0 Å². The van der Waals surface area contributed by atoms with Gasteiger partial charge < -0.3 is 15.4 Å². The van der Waals surface area contributed by atoms with Crippen molar-refractivity contribution in [3.63, 3.8) is 0 Å². The van der Waals surface area contributed by atoms with E-state index in [1.165, 1.54) is 6.20 Å². The van der Waals surface area contributed by atoms with Crippen molar-refractivity contribution in [2.75, 3.05) is 45.9 Å². The predicted octanol–water partition coefficient (Wildman–Crippen LogP) is -0.0779. The lowest BCUT2D eigenvalue weighted by molar-refractivity contribution is -0.134. The highest BCUT2D eigenvalue weighted by Gasteiger charge is 2.27. The van der Waals surface area contributed by atoms with Gasteiger partial charge in [0.05, 0.1) is 31.0 Å². The molecule has 0 saturated carbocycles. The van der Waals surface area contributed by atoms with Gasteiger partial charge in [0.2, 0.25) is 5.91 Å². The first-order chi connectivity index (χ1) is 12.0. The van der Waals surface area contributed by atoms with Crippen LogP contribution in [-0.4, -0.2) is 77.5 Å². The number of likely N-dealkylation sites (tertiary alicyclic amines) is 1. The molecule has 1 aromatic heterocycles. The first-order valence-electron chi connectivity index (χ1n) is 8.76. The third kappa shape index (κ3) is 4.32. The van der Waals surface area contributed by atoms with Crippen LogP contribution in [0.4, 0.5) is 0 Å². The Morgan fingerprint density at radius 2 is 1.92 bits per heavy atom. The van der Waals surface area contributed by atoms with Crippen LogP contribution in [0.25, 0.3) is 0 Å². The average molecular weight is 347 g/mol. The van der Waals surface area contributed by atoms with Gasteiger partial charge in [-0.1, -0.05) is 0 Å². The van der Waals surface area contributed by atoms with Crippen molar-refractivity contribution in [1.82, 2.24) is 19.8 Å². The molecule has 8 nitrogen and oxygen atoms in total. The summed E-state index contributed by atoms with van der Waals surface area (Å²) < 4.78 is 5.31. The molecule has 136 valence electrons. The number of aromatic nitrogens is 2. The van der Waals surface area contributed by atoms with Crippen LogP contribution in [0.15, 0.2) is 6.20 Å². The van der Waals surface area contributed by atoms with Crippen LogP contribution in [0, 0.1) is 6.92 Å². The number of morpholine rings is 1. The third-order valence-corrected chi connectivity index (χ3v) is 4.94. The summed E-state index contributed by atoms with van der Waals surface area (Å²) in [6, 6.07) is 0. The summed E-state index contributed by atoms with van der Waals surface area (Å²) in [5.41, 5.74) is 6.27. The number of ether oxygens (including phenoxy) is 1. The minimum atomic E-state index is -0.507. The quantitative estimate of drug-likeness (QED) is 0.817. The Morgan fingerprint density at radius 3 is 2.52 bits per heavy atom. The van der Waals surface area contributed by atoms with Gasteiger partial charge in [-0.25, -0.2) is 9.97 Å². The lowest BCUT2D eigenvalue weighted by Crippen LogP contribution is -2.46. The Bertz CT molecular complexity index is 637. The van der Waals surface area contributed by atoms with Crippen LogP contribution in [0.3, 0.4) is 0 Å². The van der Waals surface area contributed by atoms with E-state index in [-0.39, 0.29) is 11.8 Å². The Hall–Kier alpha value is -2.06. The molecule has 2 fully saturated rings. The zero-order valence-corrected chi connectivity index (χ0v) is 14.6. The van der Waals surface area contributed by atoms with E-state index >= 15 is 0 Å². The SMILES string of the molecule is Cc1nc(C2CCN(C(=O)CN3CCOCC3)CC2)ncc1C(N)=O. The molecule has 0 unspecified atom stereocenters. The number of nitrogens with zero attached hydrogens (tertiary/aromatic N) is 4. The van der Waals surface area contributed by atoms with Crippen molar-refractivity contribution < 1.29 is 14.3 Å². The van der Waals surface area contributed by atoms with Gasteiger partial charge in [0.15, 0.2) is 0 Å². The maximum absolute atomic E-state index is 12.4. The van der Waals surface area contributed by atoms with Crippen LogP contribution >= 0.6 is 0 Å². The molecule has 0 radical (unpaired) electrons. The molecule has 2 N–H and O–H groups in total. The number of amides is 2. The van der Waals surface area contributed by atoms with E-state index < -0.39 is 5.91 Å². The third-order valence-electron chi connectivity index (χ3n) is 4.94. The first-order valence-corrected chi connectivity index (χ1v) is 8.76. The van der Waals surface area contributed by atoms with E-state index in [0.29, 0.717) is 44.1 Å². The summed E-state index contributed by atoms with van der Waals surface area (Å²) in [5, 5.41) is 0. The number of rotatable bonds is 4. The molecule has 0 bridgehead atoms. The van der Waals surface area contributed by atoms with Gasteiger partial charge in [0, 0.05) is 38.3 Å². The molecule has 0 spiro atoms. The molecular weight excluding hydrogens is 322 g/mol. The molecule has 2 aliphatic rings. The topological polar surface area (TPSA) is 102 Å². The van der Waals surface area contributed by atoms with E-state index in [1.54, 1.807) is 6.92 Å². The van der Waals surface area contributed by atoms with Crippen molar-refractivity contribution in [2.24, 2.45) is 5.73 Å². The maximum atomic E-state index is 12.4. The molecule has 0 aliphatic carbocycles. The van der Waals surface area contributed by atoms with Crippen molar-refractivity contribution in [3.05, 3.63) is 23.3 Å². The number of carbonyl (C=O) groups excluding carboxylic acids is 2. The summed E-state index contributed by atoms with van der Waals surface area (Å²) in [6.45, 7) is 6.72. The van der Waals surface area contributed by atoms with Gasteiger partial charge in [-0.2, -0.15) is 0 Å². The summed E-state index contributed by atoms with van der Waals surface area (Å²) in [7, 11) is 0. The lowest BCUT2D eigenvalue weighted by atomic mass is 9.95. The van der Waals surface area contributed by atoms with Gasteiger partial charge in [-0.05, 0) is 19.8 Å². The molecule has 2 aliphatic heterocycles. The number of primary amides is 1. The minimum Gasteiger partial charge on any atom is -0.379 e. The van der Waals surface area contributed by atoms with Crippen LogP contribution in [0.5, 0.6) is 0 Å². The Kier molecular flexibility index (Phi) is 5.60. The average Bonchev–Trinajstić information content (AvgIpc) is 2.62. The Balaban J connectivity index is 1.53. The molecule has 0 aromatic carbocycles. The molecule has 2 saturated heterocycles. The molecule has 2 amide bonds. The number of hydrogen-bond acceptors (Lipinski definition) is 6. The molecule has 8 heteroatoms. The van der Waals surface area contributed by atoms with Crippen LogP contribution < -0.4 is 5.73 Å². The van der Waals surface area contributed by atoms with Crippen LogP contribution in [0.1, 0.15) is 40.6 Å². The Morgan fingerprint density at radius 1 is 1.24 bits per heavy atom. The second kappa shape index (κ2) is 7.88. The molecule has 3 rings (SSSR count). The summed E-state index contributed by atoms with van der Waals surface area (Å²) in [6.07, 6.45) is 3.18. The summed E-state index contributed by atoms with van der Waals surface area (Å²) >= 11 is 0. The standard InChI is InChI=1S/C17H25N5O3/c1-12-14(16(18)24)10-19-17(20-12)13-2-4-22(5-3-13)15(23)11-21-6-8-25-9-7-21/h10,13H,2-9,11H2,1H3,(H2,18,24). The fourth-order valence-electron chi connectivity index (χ4n) is 3.36. The number of nitrogens with two attached hydrogens (primary N) is 1. The number of carbonyl (C=O) groups is 2.